The lowest BCUT2D eigenvalue weighted by Gasteiger charge is -2.24. The molecule has 1 atom stereocenters. The molecular formula is C24H24F2N4O3. The first-order chi connectivity index (χ1) is 15.8. The predicted molar refractivity (Wildman–Crippen MR) is 120 cm³/mol. The van der Waals surface area contributed by atoms with Crippen LogP contribution in [0.1, 0.15) is 28.4 Å². The second kappa shape index (κ2) is 12.7. The summed E-state index contributed by atoms with van der Waals surface area (Å²) in [5.41, 5.74) is 1.64. The minimum atomic E-state index is -2.77. The van der Waals surface area contributed by atoms with Gasteiger partial charge in [0.25, 0.3) is 5.91 Å². The van der Waals surface area contributed by atoms with Gasteiger partial charge in [-0.15, -0.1) is 0 Å². The zero-order chi connectivity index (χ0) is 24.2. The number of likely N-dealkylation sites (N-methyl/N-ethyl adjacent to an activating group) is 1. The minimum absolute atomic E-state index is 0.0364. The largest absolute Gasteiger partial charge is 0.460 e. The molecular weight excluding hydrogens is 430 g/mol. The van der Waals surface area contributed by atoms with Gasteiger partial charge >= 0.3 is 12.5 Å². The third kappa shape index (κ3) is 8.91. The van der Waals surface area contributed by atoms with E-state index >= 15 is 0 Å². The predicted octanol–water partition coefficient (Wildman–Crippen LogP) is 3.03. The molecule has 1 aromatic carbocycles. The van der Waals surface area contributed by atoms with Gasteiger partial charge < -0.3 is 20.4 Å². The lowest BCUT2D eigenvalue weighted by Crippen LogP contribution is -2.37. The highest BCUT2D eigenvalue weighted by atomic mass is 19.3. The monoisotopic (exact) mass is 454 g/mol. The normalized spacial score (nSPS) is 11.7. The summed E-state index contributed by atoms with van der Waals surface area (Å²) in [6.07, 6.45) is 4.49. The molecule has 2 aromatic rings. The average Bonchev–Trinajstić information content (AvgIpc) is 2.79. The highest BCUT2D eigenvalue weighted by Gasteiger charge is 2.20. The summed E-state index contributed by atoms with van der Waals surface area (Å²) in [5, 5.41) is 9.00. The molecule has 0 radical (unpaired) electrons. The Balaban J connectivity index is 2.13. The molecule has 0 aliphatic rings. The summed E-state index contributed by atoms with van der Waals surface area (Å²) >= 11 is 0. The number of nitrogens with zero attached hydrogens (tertiary/aromatic N) is 2. The average molecular weight is 454 g/mol. The molecule has 1 unspecified atom stereocenters. The van der Waals surface area contributed by atoms with Gasteiger partial charge in [0.05, 0.1) is 17.7 Å². The van der Waals surface area contributed by atoms with Crippen LogP contribution in [0.5, 0.6) is 0 Å². The smallest absolute Gasteiger partial charge is 0.312 e. The lowest BCUT2D eigenvalue weighted by molar-refractivity contribution is -0.146. The molecule has 1 amide bonds. The van der Waals surface area contributed by atoms with E-state index < -0.39 is 18.6 Å². The first-order valence-corrected chi connectivity index (χ1v) is 9.97. The van der Waals surface area contributed by atoms with E-state index in [1.807, 2.05) is 30.3 Å². The molecule has 1 aromatic heterocycles. The number of ether oxygens (including phenoxy) is 1. The lowest BCUT2D eigenvalue weighted by atomic mass is 10.1. The molecule has 0 aliphatic carbocycles. The number of carbonyl (C=O) groups excluding carboxylic acids is 2. The zero-order valence-corrected chi connectivity index (χ0v) is 18.2. The number of benzene rings is 1. The van der Waals surface area contributed by atoms with Crippen molar-refractivity contribution in [3.05, 3.63) is 77.3 Å². The fourth-order valence-electron chi connectivity index (χ4n) is 2.90. The molecule has 2 rings (SSSR count). The number of amides is 1. The van der Waals surface area contributed by atoms with E-state index in [9.17, 15) is 18.4 Å². The van der Waals surface area contributed by atoms with Crippen molar-refractivity contribution in [3.63, 3.8) is 0 Å². The third-order valence-electron chi connectivity index (χ3n) is 4.32. The van der Waals surface area contributed by atoms with Gasteiger partial charge in [0.1, 0.15) is 6.10 Å². The van der Waals surface area contributed by atoms with Crippen LogP contribution in [0.4, 0.5) is 8.78 Å². The topological polar surface area (TPSA) is 95.4 Å². The second-order valence-electron chi connectivity index (χ2n) is 7.03. The van der Waals surface area contributed by atoms with Gasteiger partial charge in [-0.25, -0.2) is 0 Å². The standard InChI is InChI=1S/C24H24F2N4O3/c1-17(31)33-22(11-18-6-4-3-5-7-18)16-30(2)23(32)21-10-19(13-28-15-21)8-9-20(12-27)14-29-24(25)26/h3-7,10,12-15,22,24,27,29H,11,16H2,1-2H3/b20-14-,27-12?. The van der Waals surface area contributed by atoms with E-state index in [1.165, 1.54) is 30.3 Å². The highest BCUT2D eigenvalue weighted by Crippen LogP contribution is 2.11. The van der Waals surface area contributed by atoms with Crippen LogP contribution < -0.4 is 5.32 Å². The number of esters is 1. The Morgan fingerprint density at radius 3 is 2.64 bits per heavy atom. The van der Waals surface area contributed by atoms with Crippen LogP contribution in [-0.2, 0) is 16.0 Å². The first kappa shape index (κ1) is 25.2. The van der Waals surface area contributed by atoms with Crippen LogP contribution in [0.3, 0.4) is 0 Å². The summed E-state index contributed by atoms with van der Waals surface area (Å²) < 4.78 is 29.9. The number of halogens is 2. The molecule has 1 heterocycles. The number of hydrogen-bond donors (Lipinski definition) is 2. The summed E-state index contributed by atoms with van der Waals surface area (Å²) in [6.45, 7) is -1.28. The molecule has 172 valence electrons. The molecule has 0 saturated heterocycles. The van der Waals surface area contributed by atoms with Gasteiger partial charge in [-0.2, -0.15) is 8.78 Å². The highest BCUT2D eigenvalue weighted by molar-refractivity contribution is 5.94. The third-order valence-corrected chi connectivity index (χ3v) is 4.32. The second-order valence-corrected chi connectivity index (χ2v) is 7.03. The summed E-state index contributed by atoms with van der Waals surface area (Å²) in [7, 11) is 1.59. The van der Waals surface area contributed by atoms with Crippen molar-refractivity contribution < 1.29 is 23.1 Å². The van der Waals surface area contributed by atoms with Gasteiger partial charge in [-0.1, -0.05) is 42.2 Å². The maximum absolute atomic E-state index is 12.9. The van der Waals surface area contributed by atoms with Crippen LogP contribution in [0.2, 0.25) is 0 Å². The van der Waals surface area contributed by atoms with Crippen molar-refractivity contribution in [2.75, 3.05) is 13.6 Å². The Morgan fingerprint density at radius 1 is 1.27 bits per heavy atom. The van der Waals surface area contributed by atoms with Crippen LogP contribution in [0.25, 0.3) is 0 Å². The van der Waals surface area contributed by atoms with Gasteiger partial charge in [0, 0.05) is 50.8 Å². The van der Waals surface area contributed by atoms with Crippen LogP contribution >= 0.6 is 0 Å². The number of hydrogen-bond acceptors (Lipinski definition) is 6. The van der Waals surface area contributed by atoms with Gasteiger partial charge in [0.15, 0.2) is 0 Å². The molecule has 7 nitrogen and oxygen atoms in total. The number of carbonyl (C=O) groups is 2. The van der Waals surface area contributed by atoms with Gasteiger partial charge in [0.2, 0.25) is 0 Å². The molecule has 0 saturated carbocycles. The fourth-order valence-corrected chi connectivity index (χ4v) is 2.90. The summed E-state index contributed by atoms with van der Waals surface area (Å²) in [6, 6.07) is 11.0. The molecule has 0 spiro atoms. The Bertz CT molecular complexity index is 1060. The van der Waals surface area contributed by atoms with E-state index in [0.29, 0.717) is 12.0 Å². The summed E-state index contributed by atoms with van der Waals surface area (Å²) in [4.78, 5) is 29.9. The molecule has 9 heteroatoms. The minimum Gasteiger partial charge on any atom is -0.460 e. The Kier molecular flexibility index (Phi) is 9.71. The van der Waals surface area contributed by atoms with E-state index in [2.05, 4.69) is 16.8 Å². The fraction of sp³-hybridized carbons (Fsp3) is 0.250. The molecule has 0 bridgehead atoms. The maximum Gasteiger partial charge on any atom is 0.312 e. The van der Waals surface area contributed by atoms with Gasteiger partial charge in [-0.3, -0.25) is 14.6 Å². The zero-order valence-electron chi connectivity index (χ0n) is 18.2. The number of alkyl halides is 2. The van der Waals surface area contributed by atoms with E-state index in [0.717, 1.165) is 18.0 Å². The SMILES string of the molecule is CC(=O)OC(Cc1ccccc1)CN(C)C(=O)c1cncc(C#C/C(C=N)=C/NC(F)F)c1. The molecule has 33 heavy (non-hydrogen) atoms. The Labute approximate surface area is 191 Å². The quantitative estimate of drug-likeness (QED) is 0.263. The number of allylic oxidation sites excluding steroid dienone is 1. The number of aromatic nitrogens is 1. The molecule has 0 aliphatic heterocycles. The number of pyridine rings is 1. The van der Waals surface area contributed by atoms with Crippen LogP contribution in [0, 0.1) is 17.3 Å². The number of rotatable bonds is 9. The van der Waals surface area contributed by atoms with Crippen molar-refractivity contribution in [2.45, 2.75) is 26.0 Å². The van der Waals surface area contributed by atoms with Crippen LogP contribution in [0.15, 0.2) is 60.6 Å². The first-order valence-electron chi connectivity index (χ1n) is 9.97. The van der Waals surface area contributed by atoms with Crippen molar-refractivity contribution in [2.24, 2.45) is 0 Å². The van der Waals surface area contributed by atoms with E-state index in [1.54, 1.807) is 12.4 Å². The van der Waals surface area contributed by atoms with E-state index in [-0.39, 0.29) is 23.6 Å². The molecule has 2 N–H and O–H groups in total. The van der Waals surface area contributed by atoms with E-state index in [4.69, 9.17) is 10.1 Å². The number of nitrogens with one attached hydrogen (secondary N) is 2. The van der Waals surface area contributed by atoms with Crippen LogP contribution in [-0.4, -0.2) is 54.2 Å². The Morgan fingerprint density at radius 2 is 2.00 bits per heavy atom. The van der Waals surface area contributed by atoms with Crippen molar-refractivity contribution >= 4 is 18.1 Å². The molecule has 0 fully saturated rings. The van der Waals surface area contributed by atoms with Crippen molar-refractivity contribution in [1.82, 2.24) is 15.2 Å². The Hall–Kier alpha value is -4.06. The maximum atomic E-state index is 12.9. The summed E-state index contributed by atoms with van der Waals surface area (Å²) in [5.74, 6) is 4.48. The van der Waals surface area contributed by atoms with Crippen molar-refractivity contribution in [1.29, 1.82) is 5.41 Å². The van der Waals surface area contributed by atoms with Gasteiger partial charge in [-0.05, 0) is 11.6 Å². The van der Waals surface area contributed by atoms with Crippen molar-refractivity contribution in [3.8, 4) is 11.8 Å².